The highest BCUT2D eigenvalue weighted by Crippen LogP contribution is 2.31. The average Bonchev–Trinajstić information content (AvgIpc) is 2.77. The summed E-state index contributed by atoms with van der Waals surface area (Å²) in [7, 11) is 1.59. The predicted molar refractivity (Wildman–Crippen MR) is 59.7 cm³/mol. The van der Waals surface area contributed by atoms with Crippen LogP contribution >= 0.6 is 0 Å². The van der Waals surface area contributed by atoms with Gasteiger partial charge in [0.05, 0.1) is 13.7 Å². The quantitative estimate of drug-likeness (QED) is 0.858. The topological polar surface area (TPSA) is 57.6 Å². The molecule has 2 rings (SSSR count). The lowest BCUT2D eigenvalue weighted by atomic mass is 10.3. The van der Waals surface area contributed by atoms with E-state index in [-0.39, 0.29) is 0 Å². The van der Waals surface area contributed by atoms with Crippen LogP contribution in [0.5, 0.6) is 17.4 Å². The van der Waals surface area contributed by atoms with Crippen LogP contribution in [0, 0.1) is 0 Å². The van der Waals surface area contributed by atoms with Crippen molar-refractivity contribution >= 4 is 0 Å². The summed E-state index contributed by atoms with van der Waals surface area (Å²) in [6.07, 6.45) is 0. The van der Waals surface area contributed by atoms with Crippen molar-refractivity contribution in [1.29, 1.82) is 0 Å². The van der Waals surface area contributed by atoms with Gasteiger partial charge in [0.25, 0.3) is 5.95 Å². The molecule has 0 atom stereocenters. The van der Waals surface area contributed by atoms with E-state index in [2.05, 4.69) is 0 Å². The van der Waals surface area contributed by atoms with Crippen LogP contribution in [0.25, 0.3) is 0 Å². The van der Waals surface area contributed by atoms with E-state index < -0.39 is 0 Å². The Morgan fingerprint density at radius 3 is 2.50 bits per heavy atom. The van der Waals surface area contributed by atoms with Crippen LogP contribution in [0.15, 0.2) is 40.8 Å². The number of nitrogens with two attached hydrogens (primary N) is 1. The summed E-state index contributed by atoms with van der Waals surface area (Å²) in [5, 5.41) is 0. The standard InChI is InChI=1S/C12H13NO3/c1-14-10-4-2-3-5-11(10)16-12-7-6-9(8-13)15-12/h2-7H,8,13H2,1H3. The van der Waals surface area contributed by atoms with Crippen LogP contribution < -0.4 is 15.2 Å². The normalized spacial score (nSPS) is 10.1. The Kier molecular flexibility index (Phi) is 3.12. The summed E-state index contributed by atoms with van der Waals surface area (Å²) in [4.78, 5) is 0. The van der Waals surface area contributed by atoms with Crippen molar-refractivity contribution in [3.8, 4) is 17.4 Å². The first-order valence-electron chi connectivity index (χ1n) is 4.93. The van der Waals surface area contributed by atoms with Gasteiger partial charge in [-0.1, -0.05) is 12.1 Å². The molecule has 0 bridgehead atoms. The van der Waals surface area contributed by atoms with Crippen LogP contribution in [0.4, 0.5) is 0 Å². The Bertz CT molecular complexity index is 465. The molecule has 1 aromatic carbocycles. The Morgan fingerprint density at radius 1 is 1.12 bits per heavy atom. The molecule has 0 radical (unpaired) electrons. The minimum atomic E-state index is 0.356. The average molecular weight is 219 g/mol. The van der Waals surface area contributed by atoms with Crippen LogP contribution in [0.2, 0.25) is 0 Å². The highest BCUT2D eigenvalue weighted by molar-refractivity contribution is 5.41. The summed E-state index contributed by atoms with van der Waals surface area (Å²) in [5.74, 6) is 2.37. The number of ether oxygens (including phenoxy) is 2. The third-order valence-corrected chi connectivity index (χ3v) is 2.12. The molecule has 0 amide bonds. The van der Waals surface area contributed by atoms with Crippen molar-refractivity contribution in [2.75, 3.05) is 7.11 Å². The number of rotatable bonds is 4. The van der Waals surface area contributed by atoms with E-state index in [0.29, 0.717) is 29.8 Å². The molecule has 0 saturated heterocycles. The Balaban J connectivity index is 2.19. The molecule has 1 heterocycles. The zero-order valence-corrected chi connectivity index (χ0v) is 8.97. The lowest BCUT2D eigenvalue weighted by Crippen LogP contribution is -1.92. The highest BCUT2D eigenvalue weighted by Gasteiger charge is 2.07. The van der Waals surface area contributed by atoms with Crippen LogP contribution in [0.3, 0.4) is 0 Å². The maximum absolute atomic E-state index is 5.54. The van der Waals surface area contributed by atoms with Gasteiger partial charge in [0, 0.05) is 6.07 Å². The lowest BCUT2D eigenvalue weighted by Gasteiger charge is -2.06. The molecule has 2 N–H and O–H groups in total. The molecule has 4 nitrogen and oxygen atoms in total. The zero-order valence-electron chi connectivity index (χ0n) is 8.97. The first kappa shape index (κ1) is 10.6. The molecular weight excluding hydrogens is 206 g/mol. The van der Waals surface area contributed by atoms with Crippen molar-refractivity contribution in [3.05, 3.63) is 42.2 Å². The largest absolute Gasteiger partial charge is 0.493 e. The minimum Gasteiger partial charge on any atom is -0.493 e. The molecule has 84 valence electrons. The van der Waals surface area contributed by atoms with Crippen molar-refractivity contribution in [2.24, 2.45) is 5.73 Å². The lowest BCUT2D eigenvalue weighted by molar-refractivity contribution is 0.313. The number of furan rings is 1. The Morgan fingerprint density at radius 2 is 1.88 bits per heavy atom. The van der Waals surface area contributed by atoms with Gasteiger partial charge in [-0.3, -0.25) is 0 Å². The van der Waals surface area contributed by atoms with Crippen LogP contribution in [-0.4, -0.2) is 7.11 Å². The fraction of sp³-hybridized carbons (Fsp3) is 0.167. The number of hydrogen-bond donors (Lipinski definition) is 1. The minimum absolute atomic E-state index is 0.356. The van der Waals surface area contributed by atoms with Gasteiger partial charge in [0.2, 0.25) is 0 Å². The van der Waals surface area contributed by atoms with Crippen molar-refractivity contribution in [3.63, 3.8) is 0 Å². The van der Waals surface area contributed by atoms with E-state index in [4.69, 9.17) is 19.6 Å². The predicted octanol–water partition coefficient (Wildman–Crippen LogP) is 2.54. The van der Waals surface area contributed by atoms with Gasteiger partial charge in [-0.2, -0.15) is 0 Å². The summed E-state index contributed by atoms with van der Waals surface area (Å²) in [5.41, 5.74) is 5.44. The molecule has 0 aliphatic heterocycles. The van der Waals surface area contributed by atoms with Gasteiger partial charge in [0.1, 0.15) is 5.76 Å². The van der Waals surface area contributed by atoms with E-state index in [1.165, 1.54) is 0 Å². The summed E-state index contributed by atoms with van der Waals surface area (Å²) in [6.45, 7) is 0.356. The summed E-state index contributed by atoms with van der Waals surface area (Å²) in [6, 6.07) is 10.9. The molecule has 4 heteroatoms. The number of para-hydroxylation sites is 2. The first-order chi connectivity index (χ1) is 7.83. The second-order valence-electron chi connectivity index (χ2n) is 3.18. The summed E-state index contributed by atoms with van der Waals surface area (Å²) >= 11 is 0. The smallest absolute Gasteiger partial charge is 0.290 e. The van der Waals surface area contributed by atoms with Gasteiger partial charge < -0.3 is 19.6 Å². The van der Waals surface area contributed by atoms with Gasteiger partial charge in [-0.25, -0.2) is 0 Å². The molecule has 0 spiro atoms. The van der Waals surface area contributed by atoms with Gasteiger partial charge in [0.15, 0.2) is 11.5 Å². The van der Waals surface area contributed by atoms with E-state index in [9.17, 15) is 0 Å². The van der Waals surface area contributed by atoms with E-state index >= 15 is 0 Å². The van der Waals surface area contributed by atoms with Gasteiger partial charge in [-0.15, -0.1) is 0 Å². The molecule has 1 aromatic heterocycles. The van der Waals surface area contributed by atoms with E-state index in [1.54, 1.807) is 19.2 Å². The monoisotopic (exact) mass is 219 g/mol. The first-order valence-corrected chi connectivity index (χ1v) is 4.93. The Hall–Kier alpha value is -1.94. The molecule has 2 aromatic rings. The maximum atomic E-state index is 5.54. The number of benzene rings is 1. The molecule has 0 aliphatic rings. The van der Waals surface area contributed by atoms with Gasteiger partial charge in [-0.05, 0) is 18.2 Å². The second kappa shape index (κ2) is 4.72. The Labute approximate surface area is 93.6 Å². The highest BCUT2D eigenvalue weighted by atomic mass is 16.6. The van der Waals surface area contributed by atoms with Crippen molar-refractivity contribution < 1.29 is 13.9 Å². The van der Waals surface area contributed by atoms with Crippen molar-refractivity contribution in [2.45, 2.75) is 6.54 Å². The second-order valence-corrected chi connectivity index (χ2v) is 3.18. The fourth-order valence-electron chi connectivity index (χ4n) is 1.33. The van der Waals surface area contributed by atoms with Crippen LogP contribution in [0.1, 0.15) is 5.76 Å². The van der Waals surface area contributed by atoms with Crippen LogP contribution in [-0.2, 0) is 6.54 Å². The number of hydrogen-bond acceptors (Lipinski definition) is 4. The molecule has 0 fully saturated rings. The molecule has 0 saturated carbocycles. The van der Waals surface area contributed by atoms with Crippen molar-refractivity contribution in [1.82, 2.24) is 0 Å². The molecular formula is C12H13NO3. The molecule has 16 heavy (non-hydrogen) atoms. The zero-order chi connectivity index (χ0) is 11.4. The number of methoxy groups -OCH3 is 1. The fourth-order valence-corrected chi connectivity index (χ4v) is 1.33. The summed E-state index contributed by atoms with van der Waals surface area (Å²) < 4.78 is 16.0. The molecule has 0 unspecified atom stereocenters. The van der Waals surface area contributed by atoms with Gasteiger partial charge >= 0.3 is 0 Å². The van der Waals surface area contributed by atoms with E-state index in [1.807, 2.05) is 24.3 Å². The maximum Gasteiger partial charge on any atom is 0.290 e. The third kappa shape index (κ3) is 2.17. The van der Waals surface area contributed by atoms with E-state index in [0.717, 1.165) is 0 Å². The molecule has 0 aliphatic carbocycles. The third-order valence-electron chi connectivity index (χ3n) is 2.12. The SMILES string of the molecule is COc1ccccc1Oc1ccc(CN)o1.